The fraction of sp³-hybridized carbons (Fsp3) is 0.222. The van der Waals surface area contributed by atoms with Crippen molar-refractivity contribution in [2.45, 2.75) is 6.54 Å². The number of nitrogens with one attached hydrogen (secondary N) is 1. The van der Waals surface area contributed by atoms with E-state index in [4.69, 9.17) is 0 Å². The minimum atomic E-state index is 0. The number of aliphatic imine (C=N–C) groups is 1. The van der Waals surface area contributed by atoms with Gasteiger partial charge in [0.25, 0.3) is 0 Å². The molecule has 0 bridgehead atoms. The number of rotatable bonds is 0. The maximum atomic E-state index is 4.36. The number of hydrogen-bond acceptors (Lipinski definition) is 3. The average molecular weight is 215 g/mol. The minimum absolute atomic E-state index is 0. The van der Waals surface area contributed by atoms with Gasteiger partial charge in [-0.2, -0.15) is 0 Å². The lowest BCUT2D eigenvalue weighted by atomic mass is 10.1. The van der Waals surface area contributed by atoms with Crippen molar-refractivity contribution in [3.05, 3.63) is 29.8 Å². The minimum Gasteiger partial charge on any atom is -0.335 e. The first-order valence-corrected chi connectivity index (χ1v) is 5.06. The molecule has 0 spiro atoms. The van der Waals surface area contributed by atoms with Crippen molar-refractivity contribution < 1.29 is 0 Å². The Labute approximate surface area is 88.2 Å². The summed E-state index contributed by atoms with van der Waals surface area (Å²) in [6.07, 6.45) is 2.03. The van der Waals surface area contributed by atoms with E-state index in [9.17, 15) is 0 Å². The first-order chi connectivity index (χ1) is 5.90. The number of halogens is 1. The van der Waals surface area contributed by atoms with Crippen LogP contribution in [-0.2, 0) is 6.54 Å². The van der Waals surface area contributed by atoms with Gasteiger partial charge in [0.15, 0.2) is 5.17 Å². The molecule has 1 aromatic rings. The molecule has 1 N–H and O–H groups in total. The highest BCUT2D eigenvalue weighted by Gasteiger charge is 2.08. The summed E-state index contributed by atoms with van der Waals surface area (Å²) in [5.74, 6) is 0. The lowest BCUT2D eigenvalue weighted by molar-refractivity contribution is 1.06. The van der Waals surface area contributed by atoms with Crippen LogP contribution in [0, 0.1) is 0 Å². The maximum Gasteiger partial charge on any atom is 0.161 e. The van der Waals surface area contributed by atoms with Crippen LogP contribution in [0.1, 0.15) is 5.56 Å². The maximum absolute atomic E-state index is 4.36. The predicted octanol–water partition coefficient (Wildman–Crippen LogP) is 2.75. The van der Waals surface area contributed by atoms with E-state index in [1.165, 1.54) is 11.3 Å². The molecular formula is C9H11ClN2S. The Morgan fingerprint density at radius 2 is 2.15 bits per heavy atom. The van der Waals surface area contributed by atoms with Crippen LogP contribution in [0.2, 0.25) is 0 Å². The highest BCUT2D eigenvalue weighted by molar-refractivity contribution is 8.13. The third kappa shape index (κ3) is 2.17. The molecule has 0 aromatic heterocycles. The molecule has 13 heavy (non-hydrogen) atoms. The van der Waals surface area contributed by atoms with Crippen LogP contribution in [0.25, 0.3) is 0 Å². The molecule has 1 heterocycles. The molecule has 0 saturated carbocycles. The lowest BCUT2D eigenvalue weighted by Crippen LogP contribution is -2.13. The average Bonchev–Trinajstić information content (AvgIpc) is 2.17. The van der Waals surface area contributed by atoms with Crippen LogP contribution in [0.3, 0.4) is 0 Å². The molecule has 70 valence electrons. The van der Waals surface area contributed by atoms with E-state index < -0.39 is 0 Å². The summed E-state index contributed by atoms with van der Waals surface area (Å²) < 4.78 is 0. The molecule has 0 atom stereocenters. The number of amidine groups is 1. The number of benzene rings is 1. The van der Waals surface area contributed by atoms with Gasteiger partial charge in [-0.1, -0.05) is 30.0 Å². The molecule has 4 heteroatoms. The van der Waals surface area contributed by atoms with Crippen LogP contribution < -0.4 is 5.32 Å². The second kappa shape index (κ2) is 4.53. The van der Waals surface area contributed by atoms with Gasteiger partial charge in [-0.15, -0.1) is 12.4 Å². The summed E-state index contributed by atoms with van der Waals surface area (Å²) in [6.45, 7) is 0.805. The van der Waals surface area contributed by atoms with Gasteiger partial charge < -0.3 is 5.32 Å². The van der Waals surface area contributed by atoms with Gasteiger partial charge in [0, 0.05) is 5.69 Å². The SMILES string of the molecule is CSC1=NCc2ccccc2N1.Cl. The Balaban J connectivity index is 0.000000845. The lowest BCUT2D eigenvalue weighted by Gasteiger charge is -2.16. The Kier molecular flexibility index (Phi) is 3.63. The van der Waals surface area contributed by atoms with Crippen molar-refractivity contribution in [2.75, 3.05) is 11.6 Å². The second-order valence-electron chi connectivity index (χ2n) is 2.61. The Hall–Kier alpha value is -0.670. The normalized spacial score (nSPS) is 13.5. The summed E-state index contributed by atoms with van der Waals surface area (Å²) in [5, 5.41) is 4.27. The molecule has 0 unspecified atom stereocenters. The number of thioether (sulfide) groups is 1. The van der Waals surface area contributed by atoms with Gasteiger partial charge in [-0.25, -0.2) is 0 Å². The van der Waals surface area contributed by atoms with Crippen LogP contribution in [0.5, 0.6) is 0 Å². The zero-order valence-electron chi connectivity index (χ0n) is 7.28. The highest BCUT2D eigenvalue weighted by Crippen LogP contribution is 2.21. The van der Waals surface area contributed by atoms with E-state index >= 15 is 0 Å². The van der Waals surface area contributed by atoms with Gasteiger partial charge in [-0.05, 0) is 17.9 Å². The van der Waals surface area contributed by atoms with Crippen molar-refractivity contribution in [3.8, 4) is 0 Å². The summed E-state index contributed by atoms with van der Waals surface area (Å²) in [5.41, 5.74) is 2.46. The van der Waals surface area contributed by atoms with Crippen molar-refractivity contribution in [3.63, 3.8) is 0 Å². The monoisotopic (exact) mass is 214 g/mol. The predicted molar refractivity (Wildman–Crippen MR) is 62.0 cm³/mol. The molecule has 1 aliphatic heterocycles. The topological polar surface area (TPSA) is 24.4 Å². The van der Waals surface area contributed by atoms with Crippen LogP contribution in [-0.4, -0.2) is 11.4 Å². The van der Waals surface area contributed by atoms with Gasteiger partial charge in [0.05, 0.1) is 6.54 Å². The number of para-hydroxylation sites is 1. The van der Waals surface area contributed by atoms with Crippen molar-refractivity contribution in [2.24, 2.45) is 4.99 Å². The van der Waals surface area contributed by atoms with Crippen molar-refractivity contribution in [1.82, 2.24) is 0 Å². The largest absolute Gasteiger partial charge is 0.335 e. The molecule has 0 amide bonds. The molecular weight excluding hydrogens is 204 g/mol. The summed E-state index contributed by atoms with van der Waals surface area (Å²) in [6, 6.07) is 8.26. The summed E-state index contributed by atoms with van der Waals surface area (Å²) in [4.78, 5) is 4.36. The van der Waals surface area contributed by atoms with E-state index in [1.54, 1.807) is 11.8 Å². The van der Waals surface area contributed by atoms with Gasteiger partial charge in [-0.3, -0.25) is 4.99 Å². The Morgan fingerprint density at radius 3 is 2.92 bits per heavy atom. The van der Waals surface area contributed by atoms with Gasteiger partial charge in [0.2, 0.25) is 0 Å². The molecule has 1 aliphatic rings. The van der Waals surface area contributed by atoms with E-state index in [-0.39, 0.29) is 12.4 Å². The van der Waals surface area contributed by atoms with Crippen LogP contribution >= 0.6 is 24.2 Å². The molecule has 1 aromatic carbocycles. The van der Waals surface area contributed by atoms with Crippen molar-refractivity contribution >= 4 is 35.0 Å². The highest BCUT2D eigenvalue weighted by atomic mass is 35.5. The van der Waals surface area contributed by atoms with E-state index in [1.807, 2.05) is 18.4 Å². The standard InChI is InChI=1S/C9H10N2S.ClH/c1-12-9-10-6-7-4-2-3-5-8(7)11-9;/h2-5H,6H2,1H3,(H,10,11);1H. The zero-order chi connectivity index (χ0) is 8.39. The quantitative estimate of drug-likeness (QED) is 0.718. The summed E-state index contributed by atoms with van der Waals surface area (Å²) in [7, 11) is 0. The number of nitrogens with zero attached hydrogens (tertiary/aromatic N) is 1. The molecule has 0 radical (unpaired) electrons. The molecule has 0 fully saturated rings. The smallest absolute Gasteiger partial charge is 0.161 e. The van der Waals surface area contributed by atoms with Crippen LogP contribution in [0.15, 0.2) is 29.3 Å². The molecule has 2 nitrogen and oxygen atoms in total. The van der Waals surface area contributed by atoms with Gasteiger partial charge in [0.1, 0.15) is 0 Å². The Bertz CT molecular complexity index is 325. The third-order valence-electron chi connectivity index (χ3n) is 1.85. The van der Waals surface area contributed by atoms with Crippen LogP contribution in [0.4, 0.5) is 5.69 Å². The first-order valence-electron chi connectivity index (χ1n) is 3.83. The fourth-order valence-electron chi connectivity index (χ4n) is 1.21. The molecule has 2 rings (SSSR count). The number of fused-ring (bicyclic) bond motifs is 1. The van der Waals surface area contributed by atoms with E-state index in [0.29, 0.717) is 0 Å². The molecule has 0 saturated heterocycles. The van der Waals surface area contributed by atoms with Crippen molar-refractivity contribution in [1.29, 1.82) is 0 Å². The fourth-order valence-corrected chi connectivity index (χ4v) is 1.61. The number of hydrogen-bond donors (Lipinski definition) is 1. The zero-order valence-corrected chi connectivity index (χ0v) is 8.91. The Morgan fingerprint density at radius 1 is 1.38 bits per heavy atom. The third-order valence-corrected chi connectivity index (χ3v) is 2.46. The molecule has 0 aliphatic carbocycles. The number of anilines is 1. The second-order valence-corrected chi connectivity index (χ2v) is 3.40. The summed E-state index contributed by atoms with van der Waals surface area (Å²) >= 11 is 1.65. The van der Waals surface area contributed by atoms with Gasteiger partial charge >= 0.3 is 0 Å². The first kappa shape index (κ1) is 10.4. The van der Waals surface area contributed by atoms with E-state index in [2.05, 4.69) is 22.4 Å². The van der Waals surface area contributed by atoms with E-state index in [0.717, 1.165) is 11.7 Å².